The molecule has 1 rings (SSSR count). The summed E-state index contributed by atoms with van der Waals surface area (Å²) in [5.41, 5.74) is 6.13. The van der Waals surface area contributed by atoms with Crippen LogP contribution in [0.4, 0.5) is 0 Å². The van der Waals surface area contributed by atoms with Crippen molar-refractivity contribution in [3.05, 3.63) is 0 Å². The minimum Gasteiger partial charge on any atom is -0.330 e. The van der Waals surface area contributed by atoms with Crippen molar-refractivity contribution < 1.29 is 0 Å². The highest BCUT2D eigenvalue weighted by Crippen LogP contribution is 2.31. The van der Waals surface area contributed by atoms with Gasteiger partial charge in [-0.1, -0.05) is 20.3 Å². The minimum absolute atomic E-state index is 0.318. The molecule has 1 aliphatic rings. The molecule has 0 amide bonds. The Balaban J connectivity index is 2.56. The van der Waals surface area contributed by atoms with Crippen molar-refractivity contribution in [2.24, 2.45) is 17.1 Å². The molecule has 1 heterocycles. The van der Waals surface area contributed by atoms with E-state index in [1.807, 2.05) is 0 Å². The first kappa shape index (κ1) is 11.0. The third-order valence-electron chi connectivity index (χ3n) is 3.51. The van der Waals surface area contributed by atoms with Gasteiger partial charge in [0.05, 0.1) is 0 Å². The highest BCUT2D eigenvalue weighted by atomic mass is 15.1. The van der Waals surface area contributed by atoms with Crippen molar-refractivity contribution in [1.82, 2.24) is 4.90 Å². The Kier molecular flexibility index (Phi) is 3.74. The molecule has 78 valence electrons. The van der Waals surface area contributed by atoms with Crippen LogP contribution < -0.4 is 5.73 Å². The van der Waals surface area contributed by atoms with Crippen LogP contribution in [0.1, 0.15) is 33.1 Å². The van der Waals surface area contributed by atoms with Crippen LogP contribution in [-0.4, -0.2) is 31.6 Å². The predicted octanol–water partition coefficient (Wildman–Crippen LogP) is 1.70. The van der Waals surface area contributed by atoms with E-state index in [1.165, 1.54) is 32.4 Å². The molecular formula is C11H24N2. The average Bonchev–Trinajstić information content (AvgIpc) is 2.30. The molecule has 0 spiro atoms. The second kappa shape index (κ2) is 4.43. The summed E-state index contributed by atoms with van der Waals surface area (Å²) in [6.07, 6.45) is 4.08. The lowest BCUT2D eigenvalue weighted by atomic mass is 9.76. The molecule has 0 aromatic carbocycles. The second-order valence-corrected chi connectivity index (χ2v) is 5.15. The van der Waals surface area contributed by atoms with Crippen LogP contribution >= 0.6 is 0 Å². The zero-order valence-corrected chi connectivity index (χ0v) is 9.34. The zero-order valence-electron chi connectivity index (χ0n) is 9.34. The summed E-state index contributed by atoms with van der Waals surface area (Å²) in [4.78, 5) is 2.45. The monoisotopic (exact) mass is 184 g/mol. The summed E-state index contributed by atoms with van der Waals surface area (Å²) >= 11 is 0. The number of hydrogen-bond acceptors (Lipinski definition) is 2. The fraction of sp³-hybridized carbons (Fsp3) is 1.00. The molecule has 2 heteroatoms. The Labute approximate surface area is 82.5 Å². The molecule has 0 bridgehead atoms. The zero-order chi connectivity index (χ0) is 9.90. The number of nitrogens with two attached hydrogens (primary N) is 1. The van der Waals surface area contributed by atoms with Gasteiger partial charge in [-0.3, -0.25) is 0 Å². The molecule has 0 saturated carbocycles. The van der Waals surface area contributed by atoms with Crippen molar-refractivity contribution in [2.75, 3.05) is 26.7 Å². The summed E-state index contributed by atoms with van der Waals surface area (Å²) < 4.78 is 0. The quantitative estimate of drug-likeness (QED) is 0.708. The third kappa shape index (κ3) is 2.96. The fourth-order valence-corrected chi connectivity index (χ4v) is 2.14. The van der Waals surface area contributed by atoms with Gasteiger partial charge in [-0.05, 0) is 44.3 Å². The normalized spacial score (nSPS) is 27.2. The Morgan fingerprint density at radius 1 is 1.38 bits per heavy atom. The van der Waals surface area contributed by atoms with E-state index in [-0.39, 0.29) is 0 Å². The molecule has 13 heavy (non-hydrogen) atoms. The van der Waals surface area contributed by atoms with Crippen LogP contribution in [-0.2, 0) is 0 Å². The first-order valence-electron chi connectivity index (χ1n) is 5.45. The highest BCUT2D eigenvalue weighted by Gasteiger charge is 2.29. The van der Waals surface area contributed by atoms with E-state index in [1.54, 1.807) is 0 Å². The molecule has 1 saturated heterocycles. The van der Waals surface area contributed by atoms with Gasteiger partial charge in [0.1, 0.15) is 0 Å². The van der Waals surface area contributed by atoms with Gasteiger partial charge in [-0.25, -0.2) is 0 Å². The molecule has 0 aliphatic carbocycles. The van der Waals surface area contributed by atoms with E-state index in [9.17, 15) is 0 Å². The fourth-order valence-electron chi connectivity index (χ4n) is 2.14. The van der Waals surface area contributed by atoms with Crippen LogP contribution in [0.5, 0.6) is 0 Å². The maximum atomic E-state index is 5.82. The average molecular weight is 184 g/mol. The predicted molar refractivity (Wildman–Crippen MR) is 57.7 cm³/mol. The number of rotatable bonds is 2. The standard InChI is InChI=1S/C11H24N2/c1-11(2,9-12)10-6-4-5-7-13(3)8-10/h10H,4-9,12H2,1-3H3. The summed E-state index contributed by atoms with van der Waals surface area (Å²) in [5, 5.41) is 0. The van der Waals surface area contributed by atoms with Crippen molar-refractivity contribution in [1.29, 1.82) is 0 Å². The van der Waals surface area contributed by atoms with E-state index in [2.05, 4.69) is 25.8 Å². The van der Waals surface area contributed by atoms with E-state index in [4.69, 9.17) is 5.73 Å². The van der Waals surface area contributed by atoms with Crippen molar-refractivity contribution >= 4 is 0 Å². The summed E-state index contributed by atoms with van der Waals surface area (Å²) in [5.74, 6) is 0.782. The first-order chi connectivity index (χ1) is 6.06. The van der Waals surface area contributed by atoms with Crippen LogP contribution in [0.25, 0.3) is 0 Å². The Bertz CT molecular complexity index is 154. The lowest BCUT2D eigenvalue weighted by molar-refractivity contribution is 0.166. The first-order valence-corrected chi connectivity index (χ1v) is 5.45. The Hall–Kier alpha value is -0.0800. The number of nitrogens with zero attached hydrogens (tertiary/aromatic N) is 1. The van der Waals surface area contributed by atoms with Crippen molar-refractivity contribution in [3.63, 3.8) is 0 Å². The van der Waals surface area contributed by atoms with Gasteiger partial charge >= 0.3 is 0 Å². The van der Waals surface area contributed by atoms with Gasteiger partial charge in [0.15, 0.2) is 0 Å². The topological polar surface area (TPSA) is 29.3 Å². The summed E-state index contributed by atoms with van der Waals surface area (Å²) in [6, 6.07) is 0. The third-order valence-corrected chi connectivity index (χ3v) is 3.51. The smallest absolute Gasteiger partial charge is 0.00122 e. The van der Waals surface area contributed by atoms with Gasteiger partial charge in [0.25, 0.3) is 0 Å². The molecular weight excluding hydrogens is 160 g/mol. The van der Waals surface area contributed by atoms with Crippen molar-refractivity contribution in [3.8, 4) is 0 Å². The molecule has 1 atom stereocenters. The highest BCUT2D eigenvalue weighted by molar-refractivity contribution is 4.82. The van der Waals surface area contributed by atoms with Gasteiger partial charge in [-0.2, -0.15) is 0 Å². The number of hydrogen-bond donors (Lipinski definition) is 1. The number of likely N-dealkylation sites (tertiary alicyclic amines) is 1. The van der Waals surface area contributed by atoms with E-state index < -0.39 is 0 Å². The van der Waals surface area contributed by atoms with Crippen LogP contribution in [0, 0.1) is 11.3 Å². The lowest BCUT2D eigenvalue weighted by Crippen LogP contribution is -2.38. The molecule has 2 N–H and O–H groups in total. The van der Waals surface area contributed by atoms with Crippen LogP contribution in [0.15, 0.2) is 0 Å². The summed E-state index contributed by atoms with van der Waals surface area (Å²) in [7, 11) is 2.23. The summed E-state index contributed by atoms with van der Waals surface area (Å²) in [6.45, 7) is 7.90. The lowest BCUT2D eigenvalue weighted by Gasteiger charge is -2.34. The minimum atomic E-state index is 0.318. The molecule has 0 aromatic heterocycles. The van der Waals surface area contributed by atoms with Gasteiger partial charge in [0, 0.05) is 6.54 Å². The Morgan fingerprint density at radius 3 is 2.69 bits per heavy atom. The SMILES string of the molecule is CN1CCCCC(C(C)(C)CN)C1. The Morgan fingerprint density at radius 2 is 2.08 bits per heavy atom. The molecule has 2 nitrogen and oxygen atoms in total. The van der Waals surface area contributed by atoms with Gasteiger partial charge in [-0.15, -0.1) is 0 Å². The van der Waals surface area contributed by atoms with E-state index in [0.717, 1.165) is 12.5 Å². The largest absolute Gasteiger partial charge is 0.330 e. The molecule has 1 aliphatic heterocycles. The van der Waals surface area contributed by atoms with E-state index >= 15 is 0 Å². The molecule has 1 unspecified atom stereocenters. The van der Waals surface area contributed by atoms with E-state index in [0.29, 0.717) is 5.41 Å². The van der Waals surface area contributed by atoms with Crippen LogP contribution in [0.3, 0.4) is 0 Å². The molecule has 0 aromatic rings. The van der Waals surface area contributed by atoms with Gasteiger partial charge < -0.3 is 10.6 Å². The van der Waals surface area contributed by atoms with Crippen LogP contribution in [0.2, 0.25) is 0 Å². The molecule has 0 radical (unpaired) electrons. The maximum absolute atomic E-state index is 5.82. The maximum Gasteiger partial charge on any atom is 0.00122 e. The second-order valence-electron chi connectivity index (χ2n) is 5.15. The molecule has 1 fully saturated rings. The van der Waals surface area contributed by atoms with Crippen molar-refractivity contribution in [2.45, 2.75) is 33.1 Å². The van der Waals surface area contributed by atoms with Gasteiger partial charge in [0.2, 0.25) is 0 Å².